The third-order valence-corrected chi connectivity index (χ3v) is 3.82. The minimum absolute atomic E-state index is 0.271. The van der Waals surface area contributed by atoms with Gasteiger partial charge in [-0.3, -0.25) is 9.63 Å². The second kappa shape index (κ2) is 5.82. The van der Waals surface area contributed by atoms with Crippen molar-refractivity contribution in [2.45, 2.75) is 32.3 Å². The molecule has 0 saturated carbocycles. The monoisotopic (exact) mass is 324 g/mol. The van der Waals surface area contributed by atoms with Gasteiger partial charge < -0.3 is 4.98 Å². The molecule has 1 atom stereocenters. The van der Waals surface area contributed by atoms with Gasteiger partial charge in [-0.05, 0) is 29.7 Å². The first kappa shape index (κ1) is 15.8. The summed E-state index contributed by atoms with van der Waals surface area (Å²) in [7, 11) is 0. The van der Waals surface area contributed by atoms with E-state index in [1.807, 2.05) is 24.3 Å². The van der Waals surface area contributed by atoms with Gasteiger partial charge in [-0.2, -0.15) is 18.2 Å². The van der Waals surface area contributed by atoms with Gasteiger partial charge in [-0.25, -0.2) is 0 Å². The van der Waals surface area contributed by atoms with E-state index in [4.69, 9.17) is 4.84 Å². The molecule has 1 aromatic carbocycles. The molecule has 0 bridgehead atoms. The zero-order valence-electron chi connectivity index (χ0n) is 12.4. The Morgan fingerprint density at radius 1 is 1.22 bits per heavy atom. The maximum Gasteiger partial charge on any atom is 0.421 e. The fraction of sp³-hybridized carbons (Fsp3) is 0.312. The molecular weight excluding hydrogens is 309 g/mol. The van der Waals surface area contributed by atoms with E-state index < -0.39 is 23.4 Å². The highest BCUT2D eigenvalue weighted by atomic mass is 19.4. The molecule has 0 amide bonds. The molecule has 0 aliphatic carbocycles. The molecule has 122 valence electrons. The lowest BCUT2D eigenvalue weighted by Crippen LogP contribution is -2.24. The topological polar surface area (TPSA) is 45.3 Å². The first-order valence-corrected chi connectivity index (χ1v) is 7.13. The fourth-order valence-corrected chi connectivity index (χ4v) is 2.61. The zero-order chi connectivity index (χ0) is 16.6. The number of aromatic nitrogens is 1. The van der Waals surface area contributed by atoms with E-state index in [0.717, 1.165) is 17.2 Å². The number of hydrogen-bond acceptors (Lipinski definition) is 3. The van der Waals surface area contributed by atoms with Crippen LogP contribution < -0.4 is 5.56 Å². The van der Waals surface area contributed by atoms with Crippen LogP contribution in [0, 0.1) is 0 Å². The van der Waals surface area contributed by atoms with E-state index in [9.17, 15) is 18.0 Å². The van der Waals surface area contributed by atoms with Crippen LogP contribution in [0.5, 0.6) is 0 Å². The minimum Gasteiger partial charge on any atom is -0.328 e. The van der Waals surface area contributed by atoms with Crippen LogP contribution in [-0.2, 0) is 24.1 Å². The third kappa shape index (κ3) is 3.30. The highest BCUT2D eigenvalue weighted by Gasteiger charge is 2.34. The molecule has 3 rings (SSSR count). The SMILES string of the molecule is CC(ON1Cc2ccccc2C1)c1c[nH]c(=O)c(C(F)(F)F)c1. The van der Waals surface area contributed by atoms with Gasteiger partial charge in [0.15, 0.2) is 0 Å². The van der Waals surface area contributed by atoms with Crippen molar-refractivity contribution in [3.05, 3.63) is 69.1 Å². The number of aromatic amines is 1. The maximum absolute atomic E-state index is 12.8. The summed E-state index contributed by atoms with van der Waals surface area (Å²) in [5, 5.41) is 1.70. The average Bonchev–Trinajstić information content (AvgIpc) is 2.88. The van der Waals surface area contributed by atoms with Crippen molar-refractivity contribution in [1.29, 1.82) is 0 Å². The van der Waals surface area contributed by atoms with E-state index in [0.29, 0.717) is 13.1 Å². The Morgan fingerprint density at radius 2 is 1.83 bits per heavy atom. The van der Waals surface area contributed by atoms with Crippen molar-refractivity contribution in [1.82, 2.24) is 10.0 Å². The molecule has 2 aromatic rings. The number of hydrogen-bond donors (Lipinski definition) is 1. The first-order valence-electron chi connectivity index (χ1n) is 7.13. The molecule has 4 nitrogen and oxygen atoms in total. The molecular formula is C16H15F3N2O2. The molecule has 23 heavy (non-hydrogen) atoms. The van der Waals surface area contributed by atoms with Gasteiger partial charge in [-0.15, -0.1) is 0 Å². The summed E-state index contributed by atoms with van der Waals surface area (Å²) in [5.74, 6) is 0. The lowest BCUT2D eigenvalue weighted by atomic mass is 10.1. The largest absolute Gasteiger partial charge is 0.421 e. The number of pyridine rings is 1. The van der Waals surface area contributed by atoms with Crippen molar-refractivity contribution in [2.75, 3.05) is 0 Å². The van der Waals surface area contributed by atoms with Crippen LogP contribution in [0.3, 0.4) is 0 Å². The molecule has 0 radical (unpaired) electrons. The van der Waals surface area contributed by atoms with Crippen LogP contribution in [0.4, 0.5) is 13.2 Å². The van der Waals surface area contributed by atoms with Crippen molar-refractivity contribution in [2.24, 2.45) is 0 Å². The summed E-state index contributed by atoms with van der Waals surface area (Å²) in [5.41, 5.74) is 0.180. The number of nitrogens with zero attached hydrogens (tertiary/aromatic N) is 1. The van der Waals surface area contributed by atoms with Gasteiger partial charge in [0.2, 0.25) is 0 Å². The first-order chi connectivity index (χ1) is 10.8. The van der Waals surface area contributed by atoms with Crippen LogP contribution in [0.25, 0.3) is 0 Å². The third-order valence-electron chi connectivity index (χ3n) is 3.82. The average molecular weight is 324 g/mol. The van der Waals surface area contributed by atoms with E-state index >= 15 is 0 Å². The molecule has 2 heterocycles. The van der Waals surface area contributed by atoms with E-state index in [1.54, 1.807) is 12.0 Å². The Kier molecular flexibility index (Phi) is 3.99. The standard InChI is InChI=1S/C16H15F3N2O2/c1-10(13-6-14(16(17,18)19)15(22)20-7-13)23-21-8-11-4-2-3-5-12(11)9-21/h2-7,10H,8-9H2,1H3,(H,20,22). The quantitative estimate of drug-likeness (QED) is 0.941. The van der Waals surface area contributed by atoms with Crippen LogP contribution >= 0.6 is 0 Å². The Hall–Kier alpha value is -2.12. The summed E-state index contributed by atoms with van der Waals surface area (Å²) in [6.45, 7) is 2.81. The molecule has 0 saturated heterocycles. The number of alkyl halides is 3. The number of benzene rings is 1. The molecule has 7 heteroatoms. The van der Waals surface area contributed by atoms with Crippen LogP contribution in [-0.4, -0.2) is 10.0 Å². The normalized spacial score (nSPS) is 16.3. The minimum atomic E-state index is -4.69. The molecule has 1 N–H and O–H groups in total. The van der Waals surface area contributed by atoms with Crippen LogP contribution in [0.2, 0.25) is 0 Å². The lowest BCUT2D eigenvalue weighted by Gasteiger charge is -2.21. The highest BCUT2D eigenvalue weighted by Crippen LogP contribution is 2.30. The number of fused-ring (bicyclic) bond motifs is 1. The Morgan fingerprint density at radius 3 is 2.39 bits per heavy atom. The summed E-state index contributed by atoms with van der Waals surface area (Å²) in [4.78, 5) is 19.2. The van der Waals surface area contributed by atoms with Gasteiger partial charge >= 0.3 is 6.18 Å². The van der Waals surface area contributed by atoms with Gasteiger partial charge in [0.1, 0.15) is 11.7 Å². The number of hydroxylamine groups is 2. The van der Waals surface area contributed by atoms with Gasteiger partial charge in [0, 0.05) is 19.3 Å². The smallest absolute Gasteiger partial charge is 0.328 e. The maximum atomic E-state index is 12.8. The van der Waals surface area contributed by atoms with Crippen molar-refractivity contribution >= 4 is 0 Å². The highest BCUT2D eigenvalue weighted by molar-refractivity contribution is 5.29. The molecule has 1 aliphatic heterocycles. The summed E-state index contributed by atoms with van der Waals surface area (Å²) in [6, 6.07) is 8.69. The van der Waals surface area contributed by atoms with Gasteiger partial charge in [0.05, 0.1) is 0 Å². The number of H-pyrrole nitrogens is 1. The Bertz CT molecular complexity index is 745. The Labute approximate surface area is 130 Å². The van der Waals surface area contributed by atoms with Crippen LogP contribution in [0.1, 0.15) is 35.3 Å². The predicted molar refractivity (Wildman–Crippen MR) is 77.3 cm³/mol. The number of nitrogens with one attached hydrogen (secondary N) is 1. The van der Waals surface area contributed by atoms with Crippen molar-refractivity contribution in [3.63, 3.8) is 0 Å². The van der Waals surface area contributed by atoms with E-state index in [2.05, 4.69) is 4.98 Å². The van der Waals surface area contributed by atoms with E-state index in [-0.39, 0.29) is 5.56 Å². The molecule has 0 spiro atoms. The summed E-state index contributed by atoms with van der Waals surface area (Å²) < 4.78 is 38.4. The van der Waals surface area contributed by atoms with Crippen LogP contribution in [0.15, 0.2) is 41.3 Å². The zero-order valence-corrected chi connectivity index (χ0v) is 12.4. The summed E-state index contributed by atoms with van der Waals surface area (Å²) in [6.07, 6.45) is -4.04. The second-order valence-electron chi connectivity index (χ2n) is 5.49. The molecule has 1 unspecified atom stereocenters. The van der Waals surface area contributed by atoms with Gasteiger partial charge in [-0.1, -0.05) is 24.3 Å². The van der Waals surface area contributed by atoms with E-state index in [1.165, 1.54) is 6.20 Å². The lowest BCUT2D eigenvalue weighted by molar-refractivity contribution is -0.202. The fourth-order valence-electron chi connectivity index (χ4n) is 2.61. The number of halogens is 3. The molecule has 0 fully saturated rings. The van der Waals surface area contributed by atoms with Crippen molar-refractivity contribution < 1.29 is 18.0 Å². The molecule has 1 aliphatic rings. The second-order valence-corrected chi connectivity index (χ2v) is 5.49. The van der Waals surface area contributed by atoms with Gasteiger partial charge in [0.25, 0.3) is 5.56 Å². The Balaban J connectivity index is 1.75. The molecule has 1 aromatic heterocycles. The van der Waals surface area contributed by atoms with Crippen molar-refractivity contribution in [3.8, 4) is 0 Å². The predicted octanol–water partition coefficient (Wildman–Crippen LogP) is 3.40. The summed E-state index contributed by atoms with van der Waals surface area (Å²) >= 11 is 0. The number of rotatable bonds is 3.